The van der Waals surface area contributed by atoms with Gasteiger partial charge in [0.15, 0.2) is 0 Å². The molecule has 1 N–H and O–H groups in total. The van der Waals surface area contributed by atoms with Crippen molar-refractivity contribution < 1.29 is 4.39 Å². The normalized spacial score (nSPS) is 14.3. The van der Waals surface area contributed by atoms with E-state index in [0.717, 1.165) is 37.6 Å². The molecular formula is C20H21FN6. The summed E-state index contributed by atoms with van der Waals surface area (Å²) in [5.74, 6) is 1.29. The van der Waals surface area contributed by atoms with E-state index in [1.165, 1.54) is 6.07 Å². The molecule has 6 nitrogen and oxygen atoms in total. The molecule has 7 heteroatoms. The summed E-state index contributed by atoms with van der Waals surface area (Å²) in [5, 5.41) is 3.30. The zero-order chi connectivity index (χ0) is 18.5. The second kappa shape index (κ2) is 7.99. The molecule has 0 atom stereocenters. The Kier molecular flexibility index (Phi) is 5.09. The lowest BCUT2D eigenvalue weighted by atomic mass is 10.2. The van der Waals surface area contributed by atoms with E-state index in [1.807, 2.05) is 36.5 Å². The highest BCUT2D eigenvalue weighted by molar-refractivity contribution is 5.50. The van der Waals surface area contributed by atoms with Crippen molar-refractivity contribution in [2.45, 2.75) is 6.54 Å². The first kappa shape index (κ1) is 17.2. The molecule has 0 aliphatic carbocycles. The van der Waals surface area contributed by atoms with Crippen LogP contribution in [0, 0.1) is 5.82 Å². The molecule has 138 valence electrons. The van der Waals surface area contributed by atoms with E-state index in [9.17, 15) is 4.39 Å². The highest BCUT2D eigenvalue weighted by Gasteiger charge is 2.21. The number of piperazine rings is 1. The lowest BCUT2D eigenvalue weighted by molar-refractivity contribution is 0.594. The summed E-state index contributed by atoms with van der Waals surface area (Å²) < 4.78 is 14.0. The average molecular weight is 364 g/mol. The van der Waals surface area contributed by atoms with Crippen molar-refractivity contribution in [3.05, 3.63) is 72.4 Å². The van der Waals surface area contributed by atoms with Gasteiger partial charge in [-0.2, -0.15) is 4.98 Å². The Morgan fingerprint density at radius 2 is 1.74 bits per heavy atom. The molecule has 0 radical (unpaired) electrons. The Morgan fingerprint density at radius 3 is 2.52 bits per heavy atom. The third-order valence-electron chi connectivity index (χ3n) is 4.59. The lowest BCUT2D eigenvalue weighted by Crippen LogP contribution is -2.47. The Balaban J connectivity index is 1.38. The van der Waals surface area contributed by atoms with E-state index in [4.69, 9.17) is 0 Å². The molecule has 0 spiro atoms. The third-order valence-corrected chi connectivity index (χ3v) is 4.59. The van der Waals surface area contributed by atoms with Gasteiger partial charge in [0.05, 0.1) is 5.69 Å². The molecule has 1 fully saturated rings. The van der Waals surface area contributed by atoms with Crippen molar-refractivity contribution in [2.24, 2.45) is 0 Å². The Bertz CT molecular complexity index is 880. The van der Waals surface area contributed by atoms with Crippen molar-refractivity contribution in [1.29, 1.82) is 0 Å². The number of aromatic nitrogens is 3. The minimum atomic E-state index is -0.177. The van der Waals surface area contributed by atoms with Gasteiger partial charge in [-0.05, 0) is 29.8 Å². The SMILES string of the molecule is Fc1ccccc1N1CCN(c2nccc(NCc3cccnc3)n2)CC1. The quantitative estimate of drug-likeness (QED) is 0.751. The van der Waals surface area contributed by atoms with Crippen LogP contribution in [0.2, 0.25) is 0 Å². The number of benzene rings is 1. The van der Waals surface area contributed by atoms with Gasteiger partial charge in [-0.25, -0.2) is 9.37 Å². The topological polar surface area (TPSA) is 57.2 Å². The summed E-state index contributed by atoms with van der Waals surface area (Å²) in [5.41, 5.74) is 1.75. The molecule has 1 aromatic carbocycles. The van der Waals surface area contributed by atoms with Crippen LogP contribution in [-0.4, -0.2) is 41.1 Å². The molecule has 0 unspecified atom stereocenters. The summed E-state index contributed by atoms with van der Waals surface area (Å²) in [6, 6.07) is 12.7. The summed E-state index contributed by atoms with van der Waals surface area (Å²) in [7, 11) is 0. The van der Waals surface area contributed by atoms with E-state index in [-0.39, 0.29) is 5.82 Å². The smallest absolute Gasteiger partial charge is 0.227 e. The van der Waals surface area contributed by atoms with Gasteiger partial charge in [0.25, 0.3) is 0 Å². The highest BCUT2D eigenvalue weighted by atomic mass is 19.1. The second-order valence-corrected chi connectivity index (χ2v) is 6.38. The number of anilines is 3. The van der Waals surface area contributed by atoms with Gasteiger partial charge < -0.3 is 15.1 Å². The van der Waals surface area contributed by atoms with Crippen LogP contribution in [0.15, 0.2) is 61.1 Å². The minimum Gasteiger partial charge on any atom is -0.366 e. The number of nitrogens with zero attached hydrogens (tertiary/aromatic N) is 5. The van der Waals surface area contributed by atoms with E-state index < -0.39 is 0 Å². The van der Waals surface area contributed by atoms with Crippen molar-refractivity contribution in [1.82, 2.24) is 15.0 Å². The maximum absolute atomic E-state index is 14.0. The third kappa shape index (κ3) is 4.13. The van der Waals surface area contributed by atoms with E-state index in [2.05, 4.69) is 30.1 Å². The molecule has 1 aliphatic heterocycles. The van der Waals surface area contributed by atoms with Crippen LogP contribution in [0.4, 0.5) is 21.8 Å². The summed E-state index contributed by atoms with van der Waals surface area (Å²) in [4.78, 5) is 17.3. The second-order valence-electron chi connectivity index (χ2n) is 6.38. The summed E-state index contributed by atoms with van der Waals surface area (Å²) in [6.07, 6.45) is 5.35. The average Bonchev–Trinajstić information content (AvgIpc) is 2.74. The molecule has 2 aromatic heterocycles. The fourth-order valence-electron chi connectivity index (χ4n) is 3.15. The van der Waals surface area contributed by atoms with Gasteiger partial charge in [-0.3, -0.25) is 4.98 Å². The molecule has 0 saturated carbocycles. The Hall–Kier alpha value is -3.22. The number of hydrogen-bond donors (Lipinski definition) is 1. The van der Waals surface area contributed by atoms with Crippen LogP contribution < -0.4 is 15.1 Å². The zero-order valence-electron chi connectivity index (χ0n) is 14.9. The molecule has 1 aliphatic rings. The molecular weight excluding hydrogens is 343 g/mol. The predicted molar refractivity (Wildman–Crippen MR) is 104 cm³/mol. The maximum Gasteiger partial charge on any atom is 0.227 e. The number of pyridine rings is 1. The Labute approximate surface area is 157 Å². The summed E-state index contributed by atoms with van der Waals surface area (Å²) >= 11 is 0. The first-order chi connectivity index (χ1) is 13.3. The van der Waals surface area contributed by atoms with Crippen molar-refractivity contribution in [2.75, 3.05) is 41.3 Å². The van der Waals surface area contributed by atoms with Gasteiger partial charge >= 0.3 is 0 Å². The number of halogens is 1. The van der Waals surface area contributed by atoms with Gasteiger partial charge in [0.1, 0.15) is 11.6 Å². The van der Waals surface area contributed by atoms with Crippen molar-refractivity contribution >= 4 is 17.5 Å². The van der Waals surface area contributed by atoms with Crippen LogP contribution in [0.25, 0.3) is 0 Å². The molecule has 3 aromatic rings. The fourth-order valence-corrected chi connectivity index (χ4v) is 3.15. The van der Waals surface area contributed by atoms with Gasteiger partial charge in [0.2, 0.25) is 5.95 Å². The summed E-state index contributed by atoms with van der Waals surface area (Å²) in [6.45, 7) is 3.63. The number of hydrogen-bond acceptors (Lipinski definition) is 6. The molecule has 0 amide bonds. The largest absolute Gasteiger partial charge is 0.366 e. The van der Waals surface area contributed by atoms with Gasteiger partial charge in [-0.1, -0.05) is 18.2 Å². The minimum absolute atomic E-state index is 0.177. The zero-order valence-corrected chi connectivity index (χ0v) is 14.9. The standard InChI is InChI=1S/C20H21FN6/c21-17-5-1-2-6-18(17)26-10-12-27(13-11-26)20-23-9-7-19(25-20)24-15-16-4-3-8-22-14-16/h1-9,14H,10-13,15H2,(H,23,24,25). The first-order valence-corrected chi connectivity index (χ1v) is 9.00. The van der Waals surface area contributed by atoms with Crippen LogP contribution in [0.3, 0.4) is 0 Å². The van der Waals surface area contributed by atoms with Crippen molar-refractivity contribution in [3.8, 4) is 0 Å². The molecule has 3 heterocycles. The molecule has 27 heavy (non-hydrogen) atoms. The van der Waals surface area contributed by atoms with Crippen LogP contribution in [-0.2, 0) is 6.54 Å². The number of rotatable bonds is 5. The van der Waals surface area contributed by atoms with Gasteiger partial charge in [-0.15, -0.1) is 0 Å². The van der Waals surface area contributed by atoms with E-state index in [1.54, 1.807) is 18.5 Å². The fraction of sp³-hybridized carbons (Fsp3) is 0.250. The lowest BCUT2D eigenvalue weighted by Gasteiger charge is -2.36. The molecule has 1 saturated heterocycles. The van der Waals surface area contributed by atoms with Crippen LogP contribution >= 0.6 is 0 Å². The van der Waals surface area contributed by atoms with Crippen molar-refractivity contribution in [3.63, 3.8) is 0 Å². The maximum atomic E-state index is 14.0. The van der Waals surface area contributed by atoms with E-state index in [0.29, 0.717) is 18.2 Å². The monoisotopic (exact) mass is 364 g/mol. The number of nitrogens with one attached hydrogen (secondary N) is 1. The molecule has 4 rings (SSSR count). The molecule has 0 bridgehead atoms. The Morgan fingerprint density at radius 1 is 0.926 bits per heavy atom. The van der Waals surface area contributed by atoms with E-state index >= 15 is 0 Å². The highest BCUT2D eigenvalue weighted by Crippen LogP contribution is 2.21. The van der Waals surface area contributed by atoms with Crippen LogP contribution in [0.1, 0.15) is 5.56 Å². The van der Waals surface area contributed by atoms with Crippen LogP contribution in [0.5, 0.6) is 0 Å². The van der Waals surface area contributed by atoms with Gasteiger partial charge in [0, 0.05) is 51.3 Å². The first-order valence-electron chi connectivity index (χ1n) is 9.00. The number of para-hydroxylation sites is 1. The predicted octanol–water partition coefficient (Wildman–Crippen LogP) is 2.95.